The van der Waals surface area contributed by atoms with Crippen LogP contribution in [0.15, 0.2) is 30.3 Å². The van der Waals surface area contributed by atoms with Gasteiger partial charge in [-0.25, -0.2) is 0 Å². The van der Waals surface area contributed by atoms with E-state index in [9.17, 15) is 14.7 Å². The highest BCUT2D eigenvalue weighted by Gasteiger charge is 2.49. The number of nitrogens with two attached hydrogens (primary N) is 1. The highest BCUT2D eigenvalue weighted by molar-refractivity contribution is 8.00. The lowest BCUT2D eigenvalue weighted by molar-refractivity contribution is -0.147. The molecule has 2 saturated heterocycles. The summed E-state index contributed by atoms with van der Waals surface area (Å²) in [5, 5.41) is 13.5. The molecule has 0 spiro atoms. The third kappa shape index (κ3) is 5.31. The number of benzene rings is 1. The van der Waals surface area contributed by atoms with Crippen molar-refractivity contribution in [2.75, 3.05) is 19.0 Å². The second kappa shape index (κ2) is 9.47. The zero-order chi connectivity index (χ0) is 21.0. The van der Waals surface area contributed by atoms with E-state index in [-0.39, 0.29) is 12.0 Å². The smallest absolute Gasteiger partial charge is 0.254 e. The van der Waals surface area contributed by atoms with Crippen LogP contribution >= 0.6 is 11.8 Å². The van der Waals surface area contributed by atoms with Crippen molar-refractivity contribution in [1.29, 1.82) is 0 Å². The van der Waals surface area contributed by atoms with Gasteiger partial charge in [-0.15, -0.1) is 11.8 Å². The second-order valence-corrected chi connectivity index (χ2v) is 9.87. The van der Waals surface area contributed by atoms with Crippen LogP contribution in [0, 0.1) is 0 Å². The van der Waals surface area contributed by atoms with Crippen molar-refractivity contribution in [3.05, 3.63) is 35.9 Å². The Balaban J connectivity index is 1.64. The molecule has 3 rings (SSSR count). The van der Waals surface area contributed by atoms with E-state index >= 15 is 0 Å². The molecule has 8 heteroatoms. The number of rotatable bonds is 7. The fourth-order valence-corrected chi connectivity index (χ4v) is 5.02. The van der Waals surface area contributed by atoms with Crippen LogP contribution in [-0.4, -0.2) is 69.9 Å². The van der Waals surface area contributed by atoms with Crippen molar-refractivity contribution >= 4 is 23.6 Å². The minimum absolute atomic E-state index is 0.0326. The molecule has 1 aromatic rings. The predicted molar refractivity (Wildman–Crippen MR) is 113 cm³/mol. The van der Waals surface area contributed by atoms with Crippen molar-refractivity contribution in [1.82, 2.24) is 10.2 Å². The van der Waals surface area contributed by atoms with E-state index in [0.717, 1.165) is 25.0 Å². The molecule has 0 unspecified atom stereocenters. The van der Waals surface area contributed by atoms with Crippen molar-refractivity contribution in [2.45, 2.75) is 62.1 Å². The Morgan fingerprint density at radius 3 is 2.76 bits per heavy atom. The fraction of sp³-hybridized carbons (Fsp3) is 0.619. The molecule has 29 heavy (non-hydrogen) atoms. The first-order valence-electron chi connectivity index (χ1n) is 10.1. The molecule has 0 aliphatic carbocycles. The first-order chi connectivity index (χ1) is 13.8. The molecule has 4 N–H and O–H groups in total. The van der Waals surface area contributed by atoms with E-state index < -0.39 is 28.8 Å². The molecular weight excluding hydrogens is 390 g/mol. The number of amides is 2. The fourth-order valence-electron chi connectivity index (χ4n) is 3.88. The van der Waals surface area contributed by atoms with Crippen LogP contribution in [0.2, 0.25) is 0 Å². The Bertz CT molecular complexity index is 709. The van der Waals surface area contributed by atoms with Gasteiger partial charge >= 0.3 is 0 Å². The number of ether oxygens (including phenoxy) is 1. The molecule has 2 heterocycles. The summed E-state index contributed by atoms with van der Waals surface area (Å²) in [5.74, 6) is -0.365. The first kappa shape index (κ1) is 22.1. The topological polar surface area (TPSA) is 105 Å². The average Bonchev–Trinajstić information content (AvgIpc) is 3.33. The van der Waals surface area contributed by atoms with Gasteiger partial charge in [0.2, 0.25) is 5.91 Å². The van der Waals surface area contributed by atoms with E-state index in [0.29, 0.717) is 18.8 Å². The maximum absolute atomic E-state index is 13.0. The third-order valence-electron chi connectivity index (χ3n) is 5.58. The summed E-state index contributed by atoms with van der Waals surface area (Å²) in [4.78, 5) is 27.4. The number of aliphatic hydroxyl groups is 1. The molecule has 4 atom stereocenters. The molecule has 2 aliphatic rings. The van der Waals surface area contributed by atoms with Gasteiger partial charge in [0.05, 0.1) is 12.0 Å². The number of aliphatic hydroxyl groups excluding tert-OH is 1. The summed E-state index contributed by atoms with van der Waals surface area (Å²) in [7, 11) is 0. The Morgan fingerprint density at radius 2 is 2.10 bits per heavy atom. The van der Waals surface area contributed by atoms with Crippen molar-refractivity contribution in [3.8, 4) is 0 Å². The summed E-state index contributed by atoms with van der Waals surface area (Å²) < 4.78 is 5.10. The van der Waals surface area contributed by atoms with E-state index in [4.69, 9.17) is 10.5 Å². The van der Waals surface area contributed by atoms with E-state index in [2.05, 4.69) is 5.32 Å². The zero-order valence-corrected chi connectivity index (χ0v) is 17.9. The summed E-state index contributed by atoms with van der Waals surface area (Å²) in [5.41, 5.74) is 7.08. The second-order valence-electron chi connectivity index (χ2n) is 8.27. The van der Waals surface area contributed by atoms with E-state index in [1.807, 2.05) is 44.2 Å². The van der Waals surface area contributed by atoms with Crippen LogP contribution in [0.25, 0.3) is 0 Å². The lowest BCUT2D eigenvalue weighted by Crippen LogP contribution is -2.58. The number of hydrogen-bond acceptors (Lipinski definition) is 6. The van der Waals surface area contributed by atoms with Gasteiger partial charge in [-0.3, -0.25) is 9.59 Å². The normalized spacial score (nSPS) is 25.6. The highest BCUT2D eigenvalue weighted by Crippen LogP contribution is 2.39. The van der Waals surface area contributed by atoms with Gasteiger partial charge < -0.3 is 25.8 Å². The van der Waals surface area contributed by atoms with Crippen molar-refractivity contribution in [3.63, 3.8) is 0 Å². The van der Waals surface area contributed by atoms with Gasteiger partial charge in [0.15, 0.2) is 0 Å². The average molecular weight is 422 g/mol. The van der Waals surface area contributed by atoms with Crippen LogP contribution in [-0.2, 0) is 20.7 Å². The number of nitrogens with zero attached hydrogens (tertiary/aromatic N) is 1. The first-order valence-corrected chi connectivity index (χ1v) is 11.1. The number of nitrogens with one attached hydrogen (secondary N) is 1. The van der Waals surface area contributed by atoms with Crippen molar-refractivity contribution < 1.29 is 19.4 Å². The Morgan fingerprint density at radius 1 is 1.38 bits per heavy atom. The zero-order valence-electron chi connectivity index (χ0n) is 17.0. The monoisotopic (exact) mass is 421 g/mol. The number of carbonyl (C=O) groups is 2. The van der Waals surface area contributed by atoms with Crippen LogP contribution in [0.1, 0.15) is 32.3 Å². The molecular formula is C21H31N3O4S. The van der Waals surface area contributed by atoms with Gasteiger partial charge in [0.25, 0.3) is 5.91 Å². The predicted octanol–water partition coefficient (Wildman–Crippen LogP) is 0.893. The van der Waals surface area contributed by atoms with Gasteiger partial charge in [-0.1, -0.05) is 30.3 Å². The maximum Gasteiger partial charge on any atom is 0.254 e. The van der Waals surface area contributed by atoms with Crippen LogP contribution in [0.3, 0.4) is 0 Å². The summed E-state index contributed by atoms with van der Waals surface area (Å²) >= 11 is 1.52. The molecule has 7 nitrogen and oxygen atoms in total. The molecule has 160 valence electrons. The summed E-state index contributed by atoms with van der Waals surface area (Å²) in [6, 6.07) is 8.10. The van der Waals surface area contributed by atoms with E-state index in [1.54, 1.807) is 0 Å². The number of thioether (sulfide) groups is 1. The molecule has 2 amide bonds. The summed E-state index contributed by atoms with van der Waals surface area (Å²) in [6.07, 6.45) is 0.983. The minimum atomic E-state index is -1.36. The number of carbonyl (C=O) groups excluding carboxylic acids is 2. The maximum atomic E-state index is 13.0. The Kier molecular flexibility index (Phi) is 7.21. The van der Waals surface area contributed by atoms with Gasteiger partial charge in [0.1, 0.15) is 12.1 Å². The van der Waals surface area contributed by atoms with Gasteiger partial charge in [-0.05, 0) is 38.7 Å². The highest BCUT2D eigenvalue weighted by atomic mass is 32.2. The molecule has 0 bridgehead atoms. The van der Waals surface area contributed by atoms with Crippen LogP contribution < -0.4 is 11.1 Å². The molecule has 0 radical (unpaired) electrons. The Labute approximate surface area is 176 Å². The van der Waals surface area contributed by atoms with Crippen LogP contribution in [0.5, 0.6) is 0 Å². The van der Waals surface area contributed by atoms with E-state index in [1.165, 1.54) is 16.7 Å². The molecule has 2 fully saturated rings. The van der Waals surface area contributed by atoms with Gasteiger partial charge in [0, 0.05) is 23.9 Å². The number of hydrogen-bond donors (Lipinski definition) is 3. The van der Waals surface area contributed by atoms with Crippen molar-refractivity contribution in [2.24, 2.45) is 5.73 Å². The quantitative estimate of drug-likeness (QED) is 0.604. The molecule has 1 aromatic carbocycles. The Hall–Kier alpha value is -1.61. The van der Waals surface area contributed by atoms with Crippen LogP contribution in [0.4, 0.5) is 0 Å². The molecule has 0 aromatic heterocycles. The molecule has 0 saturated carbocycles. The standard InChI is InChI=1S/C21H31N3O4S/c1-21(2)18(19(26)23-12-15-9-6-10-28-15)24(13-29-21)20(27)17(25)16(22)11-14-7-4-3-5-8-14/h3-5,7-8,15-18,25H,6,9-13,22H2,1-2H3,(H,23,26)/t15-,16+,17+,18-/m1/s1. The SMILES string of the molecule is CC1(C)SCN(C(=O)[C@@H](O)[C@@H](N)Cc2ccccc2)[C@@H]1C(=O)NC[C@H]1CCCO1. The minimum Gasteiger partial charge on any atom is -0.382 e. The molecule has 2 aliphatic heterocycles. The third-order valence-corrected chi connectivity index (χ3v) is 6.95. The van der Waals surface area contributed by atoms with Gasteiger partial charge in [-0.2, -0.15) is 0 Å². The lowest BCUT2D eigenvalue weighted by atomic mass is 9.97. The summed E-state index contributed by atoms with van der Waals surface area (Å²) in [6.45, 7) is 5.05. The lowest BCUT2D eigenvalue weighted by Gasteiger charge is -2.32. The largest absolute Gasteiger partial charge is 0.382 e.